The third kappa shape index (κ3) is 8.60. The zero-order valence-corrected chi connectivity index (χ0v) is 10.9. The van der Waals surface area contributed by atoms with E-state index in [4.69, 9.17) is 0 Å². The summed E-state index contributed by atoms with van der Waals surface area (Å²) < 4.78 is 0. The Morgan fingerprint density at radius 1 is 1.00 bits per heavy atom. The van der Waals surface area contributed by atoms with Gasteiger partial charge in [-0.3, -0.25) is 0 Å². The first-order chi connectivity index (χ1) is 5.39. The van der Waals surface area contributed by atoms with Gasteiger partial charge in [-0.05, 0) is 0 Å². The molecular formula is C10H11FePRh. The predicted molar refractivity (Wildman–Crippen MR) is 53.4 cm³/mol. The molecule has 0 aromatic heterocycles. The molecule has 2 aromatic rings. The molecule has 0 amide bonds. The summed E-state index contributed by atoms with van der Waals surface area (Å²) in [6.07, 6.45) is 0. The fraction of sp³-hybridized carbons (Fsp3) is 0. The van der Waals surface area contributed by atoms with Gasteiger partial charge in [0.1, 0.15) is 0 Å². The standard InChI is InChI=1S/C5H6P.C5H5.Fe.Rh/c6-5-3-1-2-4-5;1-2-4-5-3-1;;/h1-4H,6H2;1-5H;;/q2*-1;+2;. The van der Waals surface area contributed by atoms with Crippen molar-refractivity contribution < 1.29 is 36.5 Å². The van der Waals surface area contributed by atoms with Crippen molar-refractivity contribution in [2.24, 2.45) is 0 Å². The van der Waals surface area contributed by atoms with Crippen molar-refractivity contribution in [3.05, 3.63) is 54.6 Å². The van der Waals surface area contributed by atoms with Crippen LogP contribution < -0.4 is 5.30 Å². The fourth-order valence-electron chi connectivity index (χ4n) is 0.710. The minimum atomic E-state index is 0. The van der Waals surface area contributed by atoms with E-state index in [0.29, 0.717) is 0 Å². The first-order valence-electron chi connectivity index (χ1n) is 3.53. The maximum atomic E-state index is 2.62. The summed E-state index contributed by atoms with van der Waals surface area (Å²) in [6, 6.07) is 18.1. The van der Waals surface area contributed by atoms with Gasteiger partial charge in [0.25, 0.3) is 0 Å². The number of hydrogen-bond donors (Lipinski definition) is 0. The van der Waals surface area contributed by atoms with Crippen molar-refractivity contribution in [1.82, 2.24) is 0 Å². The van der Waals surface area contributed by atoms with E-state index in [1.54, 1.807) is 0 Å². The van der Waals surface area contributed by atoms with E-state index in [0.717, 1.165) is 0 Å². The molecule has 0 nitrogen and oxygen atoms in total. The smallest absolute Gasteiger partial charge is 0.214 e. The molecular weight excluding hydrogens is 310 g/mol. The third-order valence-electron chi connectivity index (χ3n) is 1.24. The van der Waals surface area contributed by atoms with Gasteiger partial charge in [-0.15, -0.1) is 14.5 Å². The maximum Gasteiger partial charge on any atom is 2.00 e. The molecule has 0 aliphatic carbocycles. The van der Waals surface area contributed by atoms with Gasteiger partial charge in [-0.25, -0.2) is 24.3 Å². The molecule has 0 N–H and O–H groups in total. The van der Waals surface area contributed by atoms with Gasteiger partial charge in [0.2, 0.25) is 0 Å². The third-order valence-corrected chi connectivity index (χ3v) is 1.63. The van der Waals surface area contributed by atoms with Crippen molar-refractivity contribution in [3.8, 4) is 0 Å². The van der Waals surface area contributed by atoms with Gasteiger partial charge < -0.3 is 0 Å². The van der Waals surface area contributed by atoms with Gasteiger partial charge in [0, 0.05) is 19.5 Å². The first kappa shape index (κ1) is 15.7. The van der Waals surface area contributed by atoms with Gasteiger partial charge in [0.15, 0.2) is 0 Å². The topological polar surface area (TPSA) is 0 Å². The van der Waals surface area contributed by atoms with Crippen LogP contribution in [-0.4, -0.2) is 0 Å². The molecule has 0 fully saturated rings. The van der Waals surface area contributed by atoms with Crippen LogP contribution in [0.2, 0.25) is 0 Å². The van der Waals surface area contributed by atoms with E-state index in [1.807, 2.05) is 54.6 Å². The van der Waals surface area contributed by atoms with E-state index < -0.39 is 0 Å². The van der Waals surface area contributed by atoms with Gasteiger partial charge in [0.05, 0.1) is 0 Å². The second-order valence-corrected chi connectivity index (χ2v) is 2.85. The predicted octanol–water partition coefficient (Wildman–Crippen LogP) is 2.31. The Labute approximate surface area is 105 Å². The average molecular weight is 321 g/mol. The van der Waals surface area contributed by atoms with Crippen LogP contribution in [0.3, 0.4) is 0 Å². The van der Waals surface area contributed by atoms with Crippen molar-refractivity contribution >= 4 is 14.5 Å². The molecule has 1 atom stereocenters. The summed E-state index contributed by atoms with van der Waals surface area (Å²) in [4.78, 5) is 0. The van der Waals surface area contributed by atoms with Gasteiger partial charge in [-0.2, -0.15) is 30.3 Å². The molecule has 73 valence electrons. The van der Waals surface area contributed by atoms with E-state index >= 15 is 0 Å². The molecule has 3 heteroatoms. The summed E-state index contributed by atoms with van der Waals surface area (Å²) in [5.74, 6) is 0. The van der Waals surface area contributed by atoms with Gasteiger partial charge in [-0.1, -0.05) is 0 Å². The van der Waals surface area contributed by atoms with E-state index in [-0.39, 0.29) is 36.5 Å². The summed E-state index contributed by atoms with van der Waals surface area (Å²) in [6.45, 7) is 0. The second-order valence-electron chi connectivity index (χ2n) is 2.18. The molecule has 0 spiro atoms. The molecule has 2 rings (SSSR count). The normalized spacial score (nSPS) is 7.15. The van der Waals surface area contributed by atoms with Crippen LogP contribution in [0, 0.1) is 0 Å². The van der Waals surface area contributed by atoms with Crippen LogP contribution in [0.15, 0.2) is 54.6 Å². The molecule has 0 aliphatic heterocycles. The number of rotatable bonds is 0. The van der Waals surface area contributed by atoms with Gasteiger partial charge >= 0.3 is 17.1 Å². The molecule has 2 aromatic carbocycles. The maximum absolute atomic E-state index is 2.62. The summed E-state index contributed by atoms with van der Waals surface area (Å²) >= 11 is 0. The van der Waals surface area contributed by atoms with E-state index in [2.05, 4.69) is 9.24 Å². The molecule has 0 saturated heterocycles. The molecule has 1 unspecified atom stereocenters. The number of hydrogen-bond acceptors (Lipinski definition) is 0. The average Bonchev–Trinajstić information content (AvgIpc) is 2.57. The van der Waals surface area contributed by atoms with Crippen LogP contribution in [0.4, 0.5) is 0 Å². The van der Waals surface area contributed by atoms with Crippen molar-refractivity contribution in [3.63, 3.8) is 0 Å². The summed E-state index contributed by atoms with van der Waals surface area (Å²) in [5.41, 5.74) is 0. The molecule has 13 heavy (non-hydrogen) atoms. The monoisotopic (exact) mass is 321 g/mol. The zero-order valence-electron chi connectivity index (χ0n) is 6.96. The van der Waals surface area contributed by atoms with E-state index in [9.17, 15) is 0 Å². The summed E-state index contributed by atoms with van der Waals surface area (Å²) in [7, 11) is 2.62. The Kier molecular flexibility index (Phi) is 12.5. The Balaban J connectivity index is 0. The molecule has 0 aliphatic rings. The van der Waals surface area contributed by atoms with Crippen LogP contribution in [-0.2, 0) is 36.5 Å². The molecule has 1 radical (unpaired) electrons. The van der Waals surface area contributed by atoms with Crippen LogP contribution in [0.25, 0.3) is 0 Å². The summed E-state index contributed by atoms with van der Waals surface area (Å²) in [5, 5.41) is 1.26. The van der Waals surface area contributed by atoms with E-state index in [1.165, 1.54) is 5.30 Å². The molecule has 0 saturated carbocycles. The SMILES string of the molecule is Pc1ccc[cH-]1.[Fe+2].[Rh].c1cc[cH-]c1. The van der Waals surface area contributed by atoms with Crippen molar-refractivity contribution in [1.29, 1.82) is 0 Å². The minimum absolute atomic E-state index is 0. The Morgan fingerprint density at radius 3 is 1.77 bits per heavy atom. The van der Waals surface area contributed by atoms with Crippen LogP contribution >= 0.6 is 9.24 Å². The zero-order chi connectivity index (χ0) is 7.94. The Bertz CT molecular complexity index is 233. The van der Waals surface area contributed by atoms with Crippen molar-refractivity contribution in [2.45, 2.75) is 0 Å². The van der Waals surface area contributed by atoms with Crippen LogP contribution in [0.1, 0.15) is 0 Å². The first-order valence-corrected chi connectivity index (χ1v) is 4.11. The quantitative estimate of drug-likeness (QED) is 0.397. The fourth-order valence-corrected chi connectivity index (χ4v) is 0.932. The largest absolute Gasteiger partial charge is 2.00 e. The Morgan fingerprint density at radius 2 is 1.62 bits per heavy atom. The molecule has 0 bridgehead atoms. The minimum Gasteiger partial charge on any atom is -0.214 e. The van der Waals surface area contributed by atoms with Crippen LogP contribution in [0.5, 0.6) is 0 Å². The molecule has 0 heterocycles. The Hall–Kier alpha value is 0.273. The second kappa shape index (κ2) is 10.4. The van der Waals surface area contributed by atoms with Crippen molar-refractivity contribution in [2.75, 3.05) is 0 Å².